The second-order valence-electron chi connectivity index (χ2n) is 7.96. The van der Waals surface area contributed by atoms with Gasteiger partial charge in [0.25, 0.3) is 0 Å². The molecule has 0 saturated heterocycles. The van der Waals surface area contributed by atoms with Crippen molar-refractivity contribution >= 4 is 11.9 Å². The average Bonchev–Trinajstić information content (AvgIpc) is 3.22. The number of nitrogens with zero attached hydrogens (tertiary/aromatic N) is 4. The fraction of sp³-hybridized carbons (Fsp3) is 0.348. The highest BCUT2D eigenvalue weighted by atomic mass is 19.1. The quantitative estimate of drug-likeness (QED) is 0.622. The molecule has 0 unspecified atom stereocenters. The van der Waals surface area contributed by atoms with Gasteiger partial charge in [0, 0.05) is 6.42 Å². The molecule has 0 saturated carbocycles. The van der Waals surface area contributed by atoms with Crippen LogP contribution in [-0.4, -0.2) is 27.8 Å². The number of methoxy groups -OCH3 is 1. The molecular formula is C23H25FN4O2. The van der Waals surface area contributed by atoms with Gasteiger partial charge in [-0.15, -0.1) is 0 Å². The largest absolute Gasteiger partial charge is 0.497 e. The predicted molar refractivity (Wildman–Crippen MR) is 112 cm³/mol. The fourth-order valence-corrected chi connectivity index (χ4v) is 4.00. The van der Waals surface area contributed by atoms with Gasteiger partial charge in [-0.05, 0) is 47.7 Å². The number of amides is 1. The van der Waals surface area contributed by atoms with E-state index in [-0.39, 0.29) is 29.7 Å². The molecule has 4 rings (SSSR count). The van der Waals surface area contributed by atoms with E-state index in [1.807, 2.05) is 38.1 Å². The van der Waals surface area contributed by atoms with Gasteiger partial charge in [0.2, 0.25) is 11.9 Å². The van der Waals surface area contributed by atoms with Crippen LogP contribution < -0.4 is 9.64 Å². The third-order valence-corrected chi connectivity index (χ3v) is 5.43. The maximum Gasteiger partial charge on any atom is 0.231 e. The molecule has 0 N–H and O–H groups in total. The number of anilines is 1. The predicted octanol–water partition coefficient (Wildman–Crippen LogP) is 4.54. The van der Waals surface area contributed by atoms with Gasteiger partial charge in [-0.1, -0.05) is 38.1 Å². The normalized spacial score (nSPS) is 18.4. The van der Waals surface area contributed by atoms with Gasteiger partial charge in [-0.2, -0.15) is 10.1 Å². The van der Waals surface area contributed by atoms with Crippen LogP contribution in [0.3, 0.4) is 0 Å². The first-order valence-corrected chi connectivity index (χ1v) is 10.1. The number of fused-ring (bicyclic) bond motifs is 1. The number of rotatable bonds is 5. The maximum absolute atomic E-state index is 13.5. The molecule has 0 aliphatic carbocycles. The Bertz CT molecular complexity index is 1010. The van der Waals surface area contributed by atoms with Gasteiger partial charge < -0.3 is 4.74 Å². The summed E-state index contributed by atoms with van der Waals surface area (Å²) in [6.07, 6.45) is 2.50. The van der Waals surface area contributed by atoms with Crippen molar-refractivity contribution in [2.24, 2.45) is 5.92 Å². The van der Waals surface area contributed by atoms with Crippen molar-refractivity contribution in [2.45, 2.75) is 38.8 Å². The van der Waals surface area contributed by atoms with Gasteiger partial charge in [0.1, 0.15) is 17.9 Å². The van der Waals surface area contributed by atoms with Gasteiger partial charge in [-0.3, -0.25) is 9.69 Å². The topological polar surface area (TPSA) is 60.2 Å². The van der Waals surface area contributed by atoms with E-state index in [1.54, 1.807) is 28.8 Å². The molecule has 1 amide bonds. The third kappa shape index (κ3) is 3.79. The van der Waals surface area contributed by atoms with Crippen LogP contribution in [0.15, 0.2) is 54.9 Å². The first kappa shape index (κ1) is 20.1. The zero-order valence-electron chi connectivity index (χ0n) is 17.3. The van der Waals surface area contributed by atoms with Gasteiger partial charge in [0.05, 0.1) is 19.2 Å². The molecule has 2 atom stereocenters. The van der Waals surface area contributed by atoms with Crippen LogP contribution in [-0.2, 0) is 4.79 Å². The molecule has 156 valence electrons. The number of carbonyl (C=O) groups is 1. The second-order valence-corrected chi connectivity index (χ2v) is 7.96. The maximum atomic E-state index is 13.5. The zero-order chi connectivity index (χ0) is 21.3. The minimum Gasteiger partial charge on any atom is -0.497 e. The molecule has 6 nitrogen and oxygen atoms in total. The smallest absolute Gasteiger partial charge is 0.231 e. The summed E-state index contributed by atoms with van der Waals surface area (Å²) in [4.78, 5) is 19.4. The van der Waals surface area contributed by atoms with Crippen LogP contribution in [0.5, 0.6) is 5.75 Å². The van der Waals surface area contributed by atoms with Crippen molar-refractivity contribution < 1.29 is 13.9 Å². The summed E-state index contributed by atoms with van der Waals surface area (Å²) in [5.74, 6) is 1.22. The molecule has 3 aromatic rings. The lowest BCUT2D eigenvalue weighted by Gasteiger charge is -2.39. The molecule has 1 aromatic heterocycles. The van der Waals surface area contributed by atoms with Gasteiger partial charge in [0.15, 0.2) is 0 Å². The van der Waals surface area contributed by atoms with Crippen LogP contribution in [0, 0.1) is 11.7 Å². The molecule has 0 radical (unpaired) electrons. The van der Waals surface area contributed by atoms with E-state index in [0.717, 1.165) is 16.9 Å². The first-order valence-electron chi connectivity index (χ1n) is 10.1. The molecule has 0 spiro atoms. The summed E-state index contributed by atoms with van der Waals surface area (Å²) in [7, 11) is 1.63. The van der Waals surface area contributed by atoms with Crippen LogP contribution in [0.25, 0.3) is 0 Å². The molecule has 2 heterocycles. The first-order chi connectivity index (χ1) is 14.5. The number of aromatic nitrogens is 3. The summed E-state index contributed by atoms with van der Waals surface area (Å²) in [6.45, 7) is 4.05. The summed E-state index contributed by atoms with van der Waals surface area (Å²) in [5.41, 5.74) is 1.92. The third-order valence-electron chi connectivity index (χ3n) is 5.43. The molecule has 0 fully saturated rings. The zero-order valence-corrected chi connectivity index (χ0v) is 17.3. The molecule has 2 aromatic carbocycles. The summed E-state index contributed by atoms with van der Waals surface area (Å²) >= 11 is 0. The Morgan fingerprint density at radius 2 is 1.73 bits per heavy atom. The number of hydrogen-bond acceptors (Lipinski definition) is 4. The number of ether oxygens (including phenoxy) is 1. The van der Waals surface area contributed by atoms with Crippen molar-refractivity contribution in [1.82, 2.24) is 14.8 Å². The molecular weight excluding hydrogens is 383 g/mol. The molecule has 30 heavy (non-hydrogen) atoms. The Labute approximate surface area is 175 Å². The number of halogens is 1. The van der Waals surface area contributed by atoms with E-state index in [0.29, 0.717) is 18.8 Å². The summed E-state index contributed by atoms with van der Waals surface area (Å²) in [5, 5.41) is 4.40. The Morgan fingerprint density at radius 1 is 1.10 bits per heavy atom. The molecule has 7 heteroatoms. The highest BCUT2D eigenvalue weighted by molar-refractivity contribution is 5.93. The van der Waals surface area contributed by atoms with Crippen molar-refractivity contribution in [3.05, 3.63) is 71.8 Å². The minimum absolute atomic E-state index is 0.0117. The van der Waals surface area contributed by atoms with Crippen LogP contribution >= 0.6 is 0 Å². The van der Waals surface area contributed by atoms with E-state index in [9.17, 15) is 9.18 Å². The summed E-state index contributed by atoms with van der Waals surface area (Å²) < 4.78 is 20.5. The Kier molecular flexibility index (Phi) is 5.53. The second kappa shape index (κ2) is 8.26. The van der Waals surface area contributed by atoms with Crippen LogP contribution in [0.1, 0.15) is 49.9 Å². The monoisotopic (exact) mass is 408 g/mol. The Balaban J connectivity index is 1.80. The average molecular weight is 408 g/mol. The highest BCUT2D eigenvalue weighted by Gasteiger charge is 2.39. The van der Waals surface area contributed by atoms with Gasteiger partial charge >= 0.3 is 0 Å². The van der Waals surface area contributed by atoms with Crippen LogP contribution in [0.4, 0.5) is 10.3 Å². The molecule has 0 bridgehead atoms. The SMILES string of the molecule is COc1ccc([C@H]2C[C@@H](c3ccc(F)cc3)n3ncnc3N2C(=O)CC(C)C)cc1. The minimum atomic E-state index is -0.284. The van der Waals surface area contributed by atoms with Crippen LogP contribution in [0.2, 0.25) is 0 Å². The summed E-state index contributed by atoms with van der Waals surface area (Å²) in [6, 6.07) is 13.8. The standard InChI is InChI=1S/C23H25FN4O2/c1-15(2)12-22(29)27-20(16-6-10-19(30-3)11-7-16)13-21(28-23(27)25-14-26-28)17-4-8-18(24)9-5-17/h4-11,14-15,20-21H,12-13H2,1-3H3/t20-,21+/m1/s1. The van der Waals surface area contributed by atoms with E-state index < -0.39 is 0 Å². The van der Waals surface area contributed by atoms with E-state index in [1.165, 1.54) is 18.5 Å². The highest BCUT2D eigenvalue weighted by Crippen LogP contribution is 2.42. The van der Waals surface area contributed by atoms with E-state index in [4.69, 9.17) is 4.74 Å². The lowest BCUT2D eigenvalue weighted by molar-refractivity contribution is -0.120. The molecule has 1 aliphatic heterocycles. The van der Waals surface area contributed by atoms with Crippen molar-refractivity contribution in [3.63, 3.8) is 0 Å². The van der Waals surface area contributed by atoms with E-state index >= 15 is 0 Å². The lowest BCUT2D eigenvalue weighted by atomic mass is 9.91. The molecule has 1 aliphatic rings. The van der Waals surface area contributed by atoms with Crippen molar-refractivity contribution in [3.8, 4) is 5.75 Å². The van der Waals surface area contributed by atoms with Crippen molar-refractivity contribution in [2.75, 3.05) is 12.0 Å². The number of carbonyl (C=O) groups excluding carboxylic acids is 1. The van der Waals surface area contributed by atoms with Crippen molar-refractivity contribution in [1.29, 1.82) is 0 Å². The lowest BCUT2D eigenvalue weighted by Crippen LogP contribution is -2.43. The fourth-order valence-electron chi connectivity index (χ4n) is 4.00. The Hall–Kier alpha value is -3.22. The number of hydrogen-bond donors (Lipinski definition) is 0. The number of benzene rings is 2. The Morgan fingerprint density at radius 3 is 2.37 bits per heavy atom. The van der Waals surface area contributed by atoms with E-state index in [2.05, 4.69) is 10.1 Å². The van der Waals surface area contributed by atoms with Gasteiger partial charge in [-0.25, -0.2) is 9.07 Å².